The smallest absolute Gasteiger partial charge is 0.258 e. The summed E-state index contributed by atoms with van der Waals surface area (Å²) in [6.07, 6.45) is 3.32. The third-order valence-corrected chi connectivity index (χ3v) is 2.95. The summed E-state index contributed by atoms with van der Waals surface area (Å²) in [7, 11) is 1.55. The third-order valence-electron chi connectivity index (χ3n) is 2.95. The van der Waals surface area contributed by atoms with E-state index >= 15 is 0 Å². The summed E-state index contributed by atoms with van der Waals surface area (Å²) in [4.78, 5) is 18.2. The van der Waals surface area contributed by atoms with Crippen LogP contribution in [0.4, 0.5) is 11.4 Å². The Labute approximate surface area is 118 Å². The molecule has 0 saturated carbocycles. The minimum atomic E-state index is -0.121. The Balaban J connectivity index is 2.36. The van der Waals surface area contributed by atoms with Gasteiger partial charge in [0.25, 0.3) is 5.91 Å². The molecule has 0 atom stereocenters. The van der Waals surface area contributed by atoms with Crippen LogP contribution in [0.5, 0.6) is 5.75 Å². The van der Waals surface area contributed by atoms with E-state index in [0.29, 0.717) is 23.5 Å². The Hall–Kier alpha value is -2.56. The molecular formula is C15H17N3O2. The molecule has 1 amide bonds. The second-order valence-corrected chi connectivity index (χ2v) is 4.25. The van der Waals surface area contributed by atoms with Gasteiger partial charge in [-0.1, -0.05) is 0 Å². The number of pyridine rings is 1. The highest BCUT2D eigenvalue weighted by Crippen LogP contribution is 2.22. The Kier molecular flexibility index (Phi) is 4.20. The first-order valence-electron chi connectivity index (χ1n) is 6.32. The number of nitrogen functional groups attached to an aromatic ring is 1. The number of carbonyl (C=O) groups is 1. The molecule has 2 N–H and O–H groups in total. The largest absolute Gasteiger partial charge is 0.497 e. The van der Waals surface area contributed by atoms with E-state index < -0.39 is 0 Å². The maximum absolute atomic E-state index is 12.6. The fourth-order valence-corrected chi connectivity index (χ4v) is 1.99. The number of anilines is 2. The molecule has 0 saturated heterocycles. The number of amides is 1. The summed E-state index contributed by atoms with van der Waals surface area (Å²) in [5, 5.41) is 0. The maximum atomic E-state index is 12.6. The lowest BCUT2D eigenvalue weighted by atomic mass is 10.1. The number of carbonyl (C=O) groups excluding carboxylic acids is 1. The van der Waals surface area contributed by atoms with Gasteiger partial charge in [-0.2, -0.15) is 0 Å². The van der Waals surface area contributed by atoms with Crippen molar-refractivity contribution in [2.75, 3.05) is 24.3 Å². The van der Waals surface area contributed by atoms with E-state index in [2.05, 4.69) is 4.98 Å². The maximum Gasteiger partial charge on any atom is 0.258 e. The van der Waals surface area contributed by atoms with Gasteiger partial charge in [0.15, 0.2) is 0 Å². The van der Waals surface area contributed by atoms with Crippen LogP contribution >= 0.6 is 0 Å². The monoisotopic (exact) mass is 271 g/mol. The van der Waals surface area contributed by atoms with Crippen molar-refractivity contribution >= 4 is 17.3 Å². The summed E-state index contributed by atoms with van der Waals surface area (Å²) in [6.45, 7) is 2.47. The van der Waals surface area contributed by atoms with Crippen LogP contribution in [0.15, 0.2) is 42.7 Å². The predicted molar refractivity (Wildman–Crippen MR) is 79.0 cm³/mol. The zero-order chi connectivity index (χ0) is 14.5. The zero-order valence-electron chi connectivity index (χ0n) is 11.5. The minimum Gasteiger partial charge on any atom is -0.497 e. The molecule has 0 aliphatic carbocycles. The molecular weight excluding hydrogens is 254 g/mol. The highest BCUT2D eigenvalue weighted by atomic mass is 16.5. The van der Waals surface area contributed by atoms with Crippen LogP contribution < -0.4 is 15.4 Å². The van der Waals surface area contributed by atoms with E-state index in [9.17, 15) is 4.79 Å². The van der Waals surface area contributed by atoms with Crippen molar-refractivity contribution < 1.29 is 9.53 Å². The van der Waals surface area contributed by atoms with Crippen molar-refractivity contribution in [2.24, 2.45) is 0 Å². The number of ether oxygens (including phenoxy) is 1. The number of hydrogen-bond donors (Lipinski definition) is 1. The molecule has 20 heavy (non-hydrogen) atoms. The van der Waals surface area contributed by atoms with E-state index in [4.69, 9.17) is 10.5 Å². The highest BCUT2D eigenvalue weighted by molar-refractivity contribution is 6.06. The van der Waals surface area contributed by atoms with Crippen molar-refractivity contribution in [3.63, 3.8) is 0 Å². The first-order valence-corrected chi connectivity index (χ1v) is 6.32. The van der Waals surface area contributed by atoms with E-state index in [-0.39, 0.29) is 5.91 Å². The molecule has 0 radical (unpaired) electrons. The Morgan fingerprint density at radius 3 is 2.60 bits per heavy atom. The van der Waals surface area contributed by atoms with Gasteiger partial charge in [-0.25, -0.2) is 0 Å². The number of nitrogens with zero attached hydrogens (tertiary/aromatic N) is 2. The lowest BCUT2D eigenvalue weighted by Crippen LogP contribution is -2.30. The lowest BCUT2D eigenvalue weighted by Gasteiger charge is -2.21. The molecule has 0 bridgehead atoms. The number of methoxy groups -OCH3 is 1. The molecule has 104 valence electrons. The van der Waals surface area contributed by atoms with Gasteiger partial charge in [0, 0.05) is 41.9 Å². The molecule has 5 heteroatoms. The summed E-state index contributed by atoms with van der Waals surface area (Å²) >= 11 is 0. The molecule has 0 aliphatic heterocycles. The molecule has 5 nitrogen and oxygen atoms in total. The van der Waals surface area contributed by atoms with Crippen molar-refractivity contribution in [1.82, 2.24) is 4.98 Å². The van der Waals surface area contributed by atoms with Gasteiger partial charge in [0.2, 0.25) is 0 Å². The number of rotatable bonds is 4. The zero-order valence-corrected chi connectivity index (χ0v) is 11.5. The average Bonchev–Trinajstić information content (AvgIpc) is 2.48. The van der Waals surface area contributed by atoms with Gasteiger partial charge in [-0.15, -0.1) is 0 Å². The van der Waals surface area contributed by atoms with Gasteiger partial charge in [-0.3, -0.25) is 9.78 Å². The topological polar surface area (TPSA) is 68.5 Å². The van der Waals surface area contributed by atoms with Crippen LogP contribution in [0.2, 0.25) is 0 Å². The van der Waals surface area contributed by atoms with Crippen molar-refractivity contribution in [3.8, 4) is 5.75 Å². The Morgan fingerprint density at radius 1 is 1.30 bits per heavy atom. The Morgan fingerprint density at radius 2 is 2.00 bits per heavy atom. The SMILES string of the molecule is CCN(C(=O)c1cc(N)cc(OC)c1)c1ccncc1. The molecule has 2 rings (SSSR count). The first-order chi connectivity index (χ1) is 9.65. The van der Waals surface area contributed by atoms with Crippen molar-refractivity contribution in [3.05, 3.63) is 48.3 Å². The Bertz CT molecular complexity index is 599. The fraction of sp³-hybridized carbons (Fsp3) is 0.200. The van der Waals surface area contributed by atoms with Gasteiger partial charge >= 0.3 is 0 Å². The average molecular weight is 271 g/mol. The van der Waals surface area contributed by atoms with Crippen LogP contribution in [0.1, 0.15) is 17.3 Å². The summed E-state index contributed by atoms with van der Waals surface area (Å²) < 4.78 is 5.14. The van der Waals surface area contributed by atoms with Crippen molar-refractivity contribution in [1.29, 1.82) is 0 Å². The molecule has 0 fully saturated rings. The van der Waals surface area contributed by atoms with Gasteiger partial charge in [0.05, 0.1) is 7.11 Å². The van der Waals surface area contributed by atoms with Crippen LogP contribution in [0, 0.1) is 0 Å². The number of benzene rings is 1. The van der Waals surface area contributed by atoms with Crippen molar-refractivity contribution in [2.45, 2.75) is 6.92 Å². The van der Waals surface area contributed by atoms with Gasteiger partial charge in [0.1, 0.15) is 5.75 Å². The minimum absolute atomic E-state index is 0.121. The third kappa shape index (κ3) is 2.88. The van der Waals surface area contributed by atoms with E-state index in [1.165, 1.54) is 0 Å². The van der Waals surface area contributed by atoms with Crippen LogP contribution in [0.3, 0.4) is 0 Å². The number of aromatic nitrogens is 1. The normalized spacial score (nSPS) is 10.1. The van der Waals surface area contributed by atoms with Crippen LogP contribution in [-0.2, 0) is 0 Å². The standard InChI is InChI=1S/C15H17N3O2/c1-3-18(13-4-6-17-7-5-13)15(19)11-8-12(16)10-14(9-11)20-2/h4-10H,3,16H2,1-2H3. The number of nitrogens with two attached hydrogens (primary N) is 1. The molecule has 1 aromatic heterocycles. The van der Waals surface area contributed by atoms with Gasteiger partial charge < -0.3 is 15.4 Å². The molecule has 0 unspecified atom stereocenters. The van der Waals surface area contributed by atoms with Gasteiger partial charge in [-0.05, 0) is 31.2 Å². The second-order valence-electron chi connectivity index (χ2n) is 4.25. The highest BCUT2D eigenvalue weighted by Gasteiger charge is 2.17. The van der Waals surface area contributed by atoms with Crippen LogP contribution in [-0.4, -0.2) is 24.5 Å². The van der Waals surface area contributed by atoms with Crippen LogP contribution in [0.25, 0.3) is 0 Å². The lowest BCUT2D eigenvalue weighted by molar-refractivity contribution is 0.0988. The molecule has 1 aromatic carbocycles. The molecule has 0 aliphatic rings. The van der Waals surface area contributed by atoms with E-state index in [1.54, 1.807) is 54.7 Å². The van der Waals surface area contributed by atoms with E-state index in [0.717, 1.165) is 5.69 Å². The summed E-state index contributed by atoms with van der Waals surface area (Å²) in [5.41, 5.74) is 7.59. The fourth-order valence-electron chi connectivity index (χ4n) is 1.99. The summed E-state index contributed by atoms with van der Waals surface area (Å²) in [5.74, 6) is 0.448. The first kappa shape index (κ1) is 13.9. The quantitative estimate of drug-likeness (QED) is 0.867. The molecule has 2 aromatic rings. The molecule has 1 heterocycles. The second kappa shape index (κ2) is 6.06. The number of hydrogen-bond acceptors (Lipinski definition) is 4. The van der Waals surface area contributed by atoms with E-state index in [1.807, 2.05) is 6.92 Å². The summed E-state index contributed by atoms with van der Waals surface area (Å²) in [6, 6.07) is 8.60. The molecule has 0 spiro atoms. The predicted octanol–water partition coefficient (Wildman–Crippen LogP) is 2.34.